The molecule has 0 radical (unpaired) electrons. The van der Waals surface area contributed by atoms with Gasteiger partial charge < -0.3 is 9.84 Å². The van der Waals surface area contributed by atoms with E-state index in [1.807, 2.05) is 0 Å². The van der Waals surface area contributed by atoms with E-state index >= 15 is 0 Å². The van der Waals surface area contributed by atoms with Gasteiger partial charge in [0.15, 0.2) is 0 Å². The van der Waals surface area contributed by atoms with Gasteiger partial charge in [-0.05, 0) is 24.6 Å². The molecule has 16 heavy (non-hydrogen) atoms. The van der Waals surface area contributed by atoms with Crippen LogP contribution in [0.25, 0.3) is 0 Å². The van der Waals surface area contributed by atoms with E-state index in [4.69, 9.17) is 0 Å². The lowest BCUT2D eigenvalue weighted by Crippen LogP contribution is -2.18. The van der Waals surface area contributed by atoms with Crippen molar-refractivity contribution in [2.45, 2.75) is 25.8 Å². The fraction of sp³-hybridized carbons (Fsp3) is 0.400. The molecule has 0 spiro atoms. The summed E-state index contributed by atoms with van der Waals surface area (Å²) in [6, 6.07) is 4.01. The van der Waals surface area contributed by atoms with E-state index in [2.05, 4.69) is 20.7 Å². The van der Waals surface area contributed by atoms with Gasteiger partial charge in [-0.1, -0.05) is 22.9 Å². The second kappa shape index (κ2) is 5.05. The van der Waals surface area contributed by atoms with Gasteiger partial charge in [0.25, 0.3) is 0 Å². The molecule has 0 aromatic heterocycles. The minimum absolute atomic E-state index is 0.120. The smallest absolute Gasteiger partial charge is 0.405 e. The normalized spacial score (nSPS) is 13.6. The highest BCUT2D eigenvalue weighted by Crippen LogP contribution is 2.33. The first kappa shape index (κ1) is 13.3. The van der Waals surface area contributed by atoms with Crippen molar-refractivity contribution in [2.75, 3.05) is 0 Å². The maximum absolute atomic E-state index is 12.1. The van der Waals surface area contributed by atoms with Crippen LogP contribution in [0.3, 0.4) is 0 Å². The fourth-order valence-corrected chi connectivity index (χ4v) is 1.60. The molecule has 0 aliphatic carbocycles. The number of halogens is 4. The van der Waals surface area contributed by atoms with Gasteiger partial charge in [0.2, 0.25) is 0 Å². The largest absolute Gasteiger partial charge is 0.573 e. The van der Waals surface area contributed by atoms with E-state index in [1.54, 1.807) is 6.92 Å². The highest BCUT2D eigenvalue weighted by Gasteiger charge is 2.32. The molecule has 1 aromatic rings. The van der Waals surface area contributed by atoms with Crippen LogP contribution in [-0.4, -0.2) is 11.5 Å². The van der Waals surface area contributed by atoms with Crippen molar-refractivity contribution in [2.24, 2.45) is 0 Å². The third kappa shape index (κ3) is 3.68. The number of hydrogen-bond acceptors (Lipinski definition) is 2. The minimum Gasteiger partial charge on any atom is -0.405 e. The SMILES string of the molecule is CCC(O)c1cc(Br)ccc1OC(F)(F)F. The quantitative estimate of drug-likeness (QED) is 0.920. The summed E-state index contributed by atoms with van der Waals surface area (Å²) in [5.41, 5.74) is 0.120. The topological polar surface area (TPSA) is 29.5 Å². The summed E-state index contributed by atoms with van der Waals surface area (Å²) in [6.07, 6.45) is -5.42. The highest BCUT2D eigenvalue weighted by molar-refractivity contribution is 9.10. The Morgan fingerprint density at radius 1 is 1.44 bits per heavy atom. The van der Waals surface area contributed by atoms with Gasteiger partial charge >= 0.3 is 6.36 Å². The van der Waals surface area contributed by atoms with Crippen LogP contribution in [-0.2, 0) is 0 Å². The monoisotopic (exact) mass is 298 g/mol. The predicted octanol–water partition coefficient (Wildman–Crippen LogP) is 3.79. The summed E-state index contributed by atoms with van der Waals surface area (Å²) in [6.45, 7) is 1.67. The van der Waals surface area contributed by atoms with E-state index < -0.39 is 12.5 Å². The Morgan fingerprint density at radius 2 is 2.06 bits per heavy atom. The number of hydrogen-bond donors (Lipinski definition) is 1. The lowest BCUT2D eigenvalue weighted by molar-refractivity contribution is -0.275. The second-order valence-corrected chi connectivity index (χ2v) is 4.07. The third-order valence-corrected chi connectivity index (χ3v) is 2.44. The maximum atomic E-state index is 12.1. The molecule has 0 amide bonds. The summed E-state index contributed by atoms with van der Waals surface area (Å²) in [5, 5.41) is 9.56. The molecule has 0 aliphatic rings. The van der Waals surface area contributed by atoms with Crippen molar-refractivity contribution >= 4 is 15.9 Å². The molecule has 0 aliphatic heterocycles. The molecule has 1 unspecified atom stereocenters. The van der Waals surface area contributed by atoms with Crippen molar-refractivity contribution in [1.82, 2.24) is 0 Å². The van der Waals surface area contributed by atoms with Crippen LogP contribution in [0.15, 0.2) is 22.7 Å². The molecule has 0 saturated heterocycles. The van der Waals surface area contributed by atoms with E-state index in [9.17, 15) is 18.3 Å². The molecule has 0 bridgehead atoms. The van der Waals surface area contributed by atoms with Crippen molar-refractivity contribution in [3.63, 3.8) is 0 Å². The van der Waals surface area contributed by atoms with Gasteiger partial charge in [0.05, 0.1) is 6.10 Å². The zero-order chi connectivity index (χ0) is 12.3. The first-order valence-electron chi connectivity index (χ1n) is 4.56. The van der Waals surface area contributed by atoms with Crippen molar-refractivity contribution < 1.29 is 23.0 Å². The van der Waals surface area contributed by atoms with E-state index in [1.165, 1.54) is 18.2 Å². The van der Waals surface area contributed by atoms with Crippen LogP contribution in [0.1, 0.15) is 25.0 Å². The van der Waals surface area contributed by atoms with Crippen molar-refractivity contribution in [3.8, 4) is 5.75 Å². The molecule has 0 saturated carbocycles. The minimum atomic E-state index is -4.75. The number of aliphatic hydroxyl groups is 1. The standard InChI is InChI=1S/C10H10BrF3O2/c1-2-8(15)7-5-6(11)3-4-9(7)16-10(12,13)14/h3-5,8,15H,2H2,1H3. The third-order valence-electron chi connectivity index (χ3n) is 1.94. The van der Waals surface area contributed by atoms with Crippen LogP contribution in [0.2, 0.25) is 0 Å². The van der Waals surface area contributed by atoms with Gasteiger partial charge in [0, 0.05) is 10.0 Å². The lowest BCUT2D eigenvalue weighted by atomic mass is 10.1. The van der Waals surface area contributed by atoms with Crippen LogP contribution < -0.4 is 4.74 Å². The maximum Gasteiger partial charge on any atom is 0.573 e. The van der Waals surface area contributed by atoms with E-state index in [0.29, 0.717) is 10.9 Å². The number of alkyl halides is 3. The number of ether oxygens (including phenoxy) is 1. The summed E-state index contributed by atoms with van der Waals surface area (Å²) in [5.74, 6) is -0.370. The van der Waals surface area contributed by atoms with Gasteiger partial charge in [-0.2, -0.15) is 0 Å². The Hall–Kier alpha value is -0.750. The number of rotatable bonds is 3. The molecular formula is C10H10BrF3O2. The Bertz CT molecular complexity index is 366. The number of benzene rings is 1. The van der Waals surface area contributed by atoms with Crippen molar-refractivity contribution in [1.29, 1.82) is 0 Å². The van der Waals surface area contributed by atoms with Gasteiger partial charge in [-0.15, -0.1) is 13.2 Å². The summed E-state index contributed by atoms with van der Waals surface area (Å²) >= 11 is 3.13. The fourth-order valence-electron chi connectivity index (χ4n) is 1.22. The average molecular weight is 299 g/mol. The summed E-state index contributed by atoms with van der Waals surface area (Å²) in [4.78, 5) is 0. The molecule has 6 heteroatoms. The molecule has 1 rings (SSSR count). The Balaban J connectivity index is 3.07. The molecular weight excluding hydrogens is 289 g/mol. The van der Waals surface area contributed by atoms with E-state index in [-0.39, 0.29) is 11.3 Å². The Labute approximate surface area is 99.2 Å². The van der Waals surface area contributed by atoms with Gasteiger partial charge in [0.1, 0.15) is 5.75 Å². The predicted molar refractivity (Wildman–Crippen MR) is 56.1 cm³/mol. The van der Waals surface area contributed by atoms with Crippen LogP contribution in [0.5, 0.6) is 5.75 Å². The molecule has 90 valence electrons. The Kier molecular flexibility index (Phi) is 4.21. The van der Waals surface area contributed by atoms with Crippen LogP contribution in [0.4, 0.5) is 13.2 Å². The molecule has 2 nitrogen and oxygen atoms in total. The highest BCUT2D eigenvalue weighted by atomic mass is 79.9. The average Bonchev–Trinajstić information content (AvgIpc) is 2.17. The molecule has 1 aromatic carbocycles. The zero-order valence-electron chi connectivity index (χ0n) is 8.38. The van der Waals surface area contributed by atoms with Gasteiger partial charge in [-0.3, -0.25) is 0 Å². The number of aliphatic hydroxyl groups excluding tert-OH is 1. The van der Waals surface area contributed by atoms with Crippen LogP contribution >= 0.6 is 15.9 Å². The zero-order valence-corrected chi connectivity index (χ0v) is 9.97. The molecule has 0 fully saturated rings. The molecule has 1 N–H and O–H groups in total. The van der Waals surface area contributed by atoms with E-state index in [0.717, 1.165) is 0 Å². The molecule has 0 heterocycles. The first-order valence-corrected chi connectivity index (χ1v) is 5.36. The van der Waals surface area contributed by atoms with Gasteiger partial charge in [-0.25, -0.2) is 0 Å². The summed E-state index contributed by atoms with van der Waals surface area (Å²) in [7, 11) is 0. The lowest BCUT2D eigenvalue weighted by Gasteiger charge is -2.16. The van der Waals surface area contributed by atoms with Crippen molar-refractivity contribution in [3.05, 3.63) is 28.2 Å². The first-order chi connectivity index (χ1) is 7.33. The van der Waals surface area contributed by atoms with Crippen LogP contribution in [0, 0.1) is 0 Å². The second-order valence-electron chi connectivity index (χ2n) is 3.15. The summed E-state index contributed by atoms with van der Waals surface area (Å²) < 4.78 is 40.6. The Morgan fingerprint density at radius 3 is 2.56 bits per heavy atom. The molecule has 1 atom stereocenters.